The van der Waals surface area contributed by atoms with Gasteiger partial charge in [-0.05, 0) is 30.9 Å². The fourth-order valence-corrected chi connectivity index (χ4v) is 4.30. The van der Waals surface area contributed by atoms with Crippen molar-refractivity contribution >= 4 is 40.5 Å². The third-order valence-electron chi connectivity index (χ3n) is 4.24. The summed E-state index contributed by atoms with van der Waals surface area (Å²) >= 11 is 7.85. The minimum Gasteiger partial charge on any atom is -0.466 e. The number of hydrogen-bond acceptors (Lipinski definition) is 7. The third kappa shape index (κ3) is 3.75. The lowest BCUT2D eigenvalue weighted by molar-refractivity contribution is -0.142. The number of nitrogens with zero attached hydrogens (tertiary/aromatic N) is 2. The summed E-state index contributed by atoms with van der Waals surface area (Å²) in [7, 11) is 1.33. The molecule has 3 rings (SSSR count). The number of ether oxygens (including phenoxy) is 2. The summed E-state index contributed by atoms with van der Waals surface area (Å²) in [5, 5.41) is 3.06. The molecule has 1 atom stereocenters. The Morgan fingerprint density at radius 1 is 1.33 bits per heavy atom. The number of esters is 2. The van der Waals surface area contributed by atoms with Gasteiger partial charge in [0.2, 0.25) is 0 Å². The number of carbonyl (C=O) groups is 2. The molecule has 0 radical (unpaired) electrons. The van der Waals surface area contributed by atoms with Crippen LogP contribution in [0.5, 0.6) is 0 Å². The van der Waals surface area contributed by atoms with Gasteiger partial charge in [-0.2, -0.15) is 0 Å². The van der Waals surface area contributed by atoms with Gasteiger partial charge in [-0.3, -0.25) is 4.79 Å². The van der Waals surface area contributed by atoms with Gasteiger partial charge in [0, 0.05) is 10.7 Å². The van der Waals surface area contributed by atoms with Crippen molar-refractivity contribution < 1.29 is 19.1 Å². The third-order valence-corrected chi connectivity index (χ3v) is 5.47. The largest absolute Gasteiger partial charge is 0.466 e. The average Bonchev–Trinajstić information content (AvgIpc) is 3.03. The second kappa shape index (κ2) is 8.19. The van der Waals surface area contributed by atoms with Gasteiger partial charge >= 0.3 is 11.9 Å². The highest BCUT2D eigenvalue weighted by molar-refractivity contribution is 8.16. The van der Waals surface area contributed by atoms with Crippen molar-refractivity contribution in [2.75, 3.05) is 13.7 Å². The summed E-state index contributed by atoms with van der Waals surface area (Å²) in [6.07, 6.45) is 0.0777. The Bertz CT molecular complexity index is 878. The van der Waals surface area contributed by atoms with Crippen molar-refractivity contribution in [1.29, 1.82) is 0 Å². The normalized spacial score (nSPS) is 18.7. The molecule has 1 aromatic carbocycles. The van der Waals surface area contributed by atoms with Crippen molar-refractivity contribution in [3.63, 3.8) is 0 Å². The lowest BCUT2D eigenvalue weighted by Crippen LogP contribution is -2.37. The summed E-state index contributed by atoms with van der Waals surface area (Å²) in [4.78, 5) is 31.0. The first-order valence-electron chi connectivity index (χ1n) is 8.40. The highest BCUT2D eigenvalue weighted by Gasteiger charge is 2.41. The quantitative estimate of drug-likeness (QED) is 0.687. The monoisotopic (exact) mass is 406 g/mol. The number of methoxy groups -OCH3 is 1. The number of aliphatic imine (C=N–C) groups is 1. The van der Waals surface area contributed by atoms with Crippen molar-refractivity contribution in [2.45, 2.75) is 26.3 Å². The van der Waals surface area contributed by atoms with Gasteiger partial charge in [0.15, 0.2) is 5.17 Å². The highest BCUT2D eigenvalue weighted by atomic mass is 35.5. The summed E-state index contributed by atoms with van der Waals surface area (Å²) in [5.41, 5.74) is 2.41. The summed E-state index contributed by atoms with van der Waals surface area (Å²) in [6.45, 7) is 3.84. The van der Waals surface area contributed by atoms with Crippen LogP contribution in [0.1, 0.15) is 31.9 Å². The van der Waals surface area contributed by atoms with Crippen molar-refractivity contribution in [3.05, 3.63) is 57.2 Å². The van der Waals surface area contributed by atoms with Crippen LogP contribution in [-0.2, 0) is 19.1 Å². The number of halogens is 1. The van der Waals surface area contributed by atoms with Crippen LogP contribution in [-0.4, -0.2) is 35.7 Å². The molecule has 0 spiro atoms. The summed E-state index contributed by atoms with van der Waals surface area (Å²) in [5.74, 6) is -0.818. The second-order valence-corrected chi connectivity index (χ2v) is 7.13. The number of fused-ring (bicyclic) bond motifs is 1. The maximum Gasteiger partial charge on any atom is 0.338 e. The molecule has 27 heavy (non-hydrogen) atoms. The maximum atomic E-state index is 12.6. The van der Waals surface area contributed by atoms with E-state index in [1.54, 1.807) is 19.9 Å². The molecule has 0 N–H and O–H groups in total. The van der Waals surface area contributed by atoms with Crippen LogP contribution >= 0.6 is 23.4 Å². The number of thioether (sulfide) groups is 1. The number of carbonyl (C=O) groups excluding carboxylic acids is 2. The number of hydrogen-bond donors (Lipinski definition) is 0. The molecule has 0 aromatic heterocycles. The zero-order chi connectivity index (χ0) is 19.6. The molecule has 0 aliphatic carbocycles. The Labute approximate surface area is 166 Å². The minimum atomic E-state index is -0.533. The van der Waals surface area contributed by atoms with E-state index < -0.39 is 12.0 Å². The van der Waals surface area contributed by atoms with Gasteiger partial charge in [-0.15, -0.1) is 0 Å². The van der Waals surface area contributed by atoms with E-state index in [4.69, 9.17) is 21.1 Å². The molecule has 2 aliphatic heterocycles. The first-order chi connectivity index (χ1) is 13.0. The predicted molar refractivity (Wildman–Crippen MR) is 105 cm³/mol. The van der Waals surface area contributed by atoms with Crippen molar-refractivity contribution in [3.8, 4) is 0 Å². The Morgan fingerprint density at radius 3 is 2.74 bits per heavy atom. The van der Waals surface area contributed by atoms with E-state index in [1.165, 1.54) is 18.9 Å². The number of allylic oxidation sites excluding steroid dienone is 1. The second-order valence-electron chi connectivity index (χ2n) is 5.89. The number of amidine groups is 1. The average molecular weight is 407 g/mol. The van der Waals surface area contributed by atoms with E-state index in [0.717, 1.165) is 5.56 Å². The van der Waals surface area contributed by atoms with E-state index in [1.807, 2.05) is 28.5 Å². The first-order valence-corrected chi connectivity index (χ1v) is 9.66. The standard InChI is InChI=1S/C19H19ClN2O4S/c1-4-26-15(23)9-12-10-27-19-21-11(2)16(18(24)25-3)17(22(12)19)13-7-5-6-8-14(13)20/h5-8,10,17H,4,9H2,1-3H3/t17-/m0/s1. The SMILES string of the molecule is CCOC(=O)CC1=CSC2=NC(C)=C(C(=O)OC)[C@H](c3ccccc3Cl)N12. The molecule has 0 fully saturated rings. The van der Waals surface area contributed by atoms with E-state index in [-0.39, 0.29) is 12.4 Å². The molecule has 0 amide bonds. The van der Waals surface area contributed by atoms with Gasteiger partial charge in [0.25, 0.3) is 0 Å². The molecule has 2 heterocycles. The topological polar surface area (TPSA) is 68.2 Å². The molecule has 8 heteroatoms. The van der Waals surface area contributed by atoms with Crippen LogP contribution in [0.15, 0.2) is 51.6 Å². The number of rotatable bonds is 5. The fourth-order valence-electron chi connectivity index (χ4n) is 3.09. The summed E-state index contributed by atoms with van der Waals surface area (Å²) < 4.78 is 10.1. The molecular weight excluding hydrogens is 388 g/mol. The maximum absolute atomic E-state index is 12.6. The zero-order valence-corrected chi connectivity index (χ0v) is 16.8. The van der Waals surface area contributed by atoms with Gasteiger partial charge in [-0.25, -0.2) is 9.79 Å². The van der Waals surface area contributed by atoms with Gasteiger partial charge < -0.3 is 14.4 Å². The molecule has 6 nitrogen and oxygen atoms in total. The van der Waals surface area contributed by atoms with Gasteiger partial charge in [0.05, 0.1) is 37.4 Å². The lowest BCUT2D eigenvalue weighted by atomic mass is 9.94. The molecule has 0 saturated heterocycles. The smallest absolute Gasteiger partial charge is 0.338 e. The Balaban J connectivity index is 2.09. The van der Waals surface area contributed by atoms with E-state index in [0.29, 0.717) is 33.8 Å². The van der Waals surface area contributed by atoms with E-state index >= 15 is 0 Å². The minimum absolute atomic E-state index is 0.0777. The predicted octanol–water partition coefficient (Wildman–Crippen LogP) is 4.04. The Kier molecular flexibility index (Phi) is 5.92. The van der Waals surface area contributed by atoms with Crippen LogP contribution in [0, 0.1) is 0 Å². The zero-order valence-electron chi connectivity index (χ0n) is 15.2. The molecular formula is C19H19ClN2O4S. The van der Waals surface area contributed by atoms with E-state index in [9.17, 15) is 9.59 Å². The van der Waals surface area contributed by atoms with Crippen LogP contribution < -0.4 is 0 Å². The van der Waals surface area contributed by atoms with Crippen LogP contribution in [0.25, 0.3) is 0 Å². The number of benzene rings is 1. The Morgan fingerprint density at radius 2 is 2.07 bits per heavy atom. The summed E-state index contributed by atoms with van der Waals surface area (Å²) in [6, 6.07) is 6.78. The van der Waals surface area contributed by atoms with E-state index in [2.05, 4.69) is 4.99 Å². The van der Waals surface area contributed by atoms with Crippen LogP contribution in [0.3, 0.4) is 0 Å². The molecule has 0 unspecified atom stereocenters. The molecule has 0 bridgehead atoms. The first kappa shape index (κ1) is 19.5. The fraction of sp³-hybridized carbons (Fsp3) is 0.316. The van der Waals surface area contributed by atoms with Gasteiger partial charge in [0.1, 0.15) is 0 Å². The van der Waals surface area contributed by atoms with Crippen LogP contribution in [0.2, 0.25) is 5.02 Å². The van der Waals surface area contributed by atoms with Crippen LogP contribution in [0.4, 0.5) is 0 Å². The molecule has 0 saturated carbocycles. The molecule has 142 valence electrons. The molecule has 1 aromatic rings. The van der Waals surface area contributed by atoms with Crippen molar-refractivity contribution in [1.82, 2.24) is 4.90 Å². The van der Waals surface area contributed by atoms with Gasteiger partial charge in [-0.1, -0.05) is 41.6 Å². The highest BCUT2D eigenvalue weighted by Crippen LogP contribution is 2.46. The lowest BCUT2D eigenvalue weighted by Gasteiger charge is -2.36. The van der Waals surface area contributed by atoms with Crippen molar-refractivity contribution in [2.24, 2.45) is 4.99 Å². The molecule has 2 aliphatic rings. The Hall–Kier alpha value is -2.25.